The molecule has 0 fully saturated rings. The van der Waals surface area contributed by atoms with Gasteiger partial charge in [-0.25, -0.2) is 15.0 Å². The molecule has 0 aliphatic carbocycles. The van der Waals surface area contributed by atoms with Crippen LogP contribution in [0, 0.1) is 6.92 Å². The number of imidazole rings is 1. The van der Waals surface area contributed by atoms with E-state index in [0.717, 1.165) is 48.2 Å². The molecule has 152 valence electrons. The molecule has 3 aromatic rings. The Bertz CT molecular complexity index is 936. The lowest BCUT2D eigenvalue weighted by molar-refractivity contribution is 0.411. The quantitative estimate of drug-likeness (QED) is 0.455. The van der Waals surface area contributed by atoms with E-state index in [1.165, 1.54) is 5.56 Å². The first-order valence-corrected chi connectivity index (χ1v) is 9.78. The lowest BCUT2D eigenvalue weighted by atomic mass is 10.1. The number of ether oxygens (including phenoxy) is 1. The van der Waals surface area contributed by atoms with Crippen LogP contribution in [0.25, 0.3) is 5.82 Å². The minimum Gasteiger partial charge on any atom is -0.496 e. The summed E-state index contributed by atoms with van der Waals surface area (Å²) in [6.07, 6.45) is 8.04. The molecule has 3 rings (SSSR count). The zero-order chi connectivity index (χ0) is 20.5. The zero-order valence-electron chi connectivity index (χ0n) is 17.2. The molecule has 7 nitrogen and oxygen atoms in total. The summed E-state index contributed by atoms with van der Waals surface area (Å²) in [6.45, 7) is 6.27. The highest BCUT2D eigenvalue weighted by molar-refractivity contribution is 5.79. The van der Waals surface area contributed by atoms with Gasteiger partial charge in [-0.2, -0.15) is 0 Å². The van der Waals surface area contributed by atoms with Crippen LogP contribution in [0.2, 0.25) is 0 Å². The van der Waals surface area contributed by atoms with Crippen LogP contribution in [0.4, 0.5) is 0 Å². The molecule has 0 spiro atoms. The number of nitrogens with zero attached hydrogens (tertiary/aromatic N) is 4. The number of pyridine rings is 1. The highest BCUT2D eigenvalue weighted by atomic mass is 16.5. The number of aromatic nitrogens is 3. The molecule has 0 aliphatic rings. The fourth-order valence-electron chi connectivity index (χ4n) is 2.95. The number of aryl methyl sites for hydroxylation is 1. The van der Waals surface area contributed by atoms with Crippen molar-refractivity contribution < 1.29 is 4.74 Å². The van der Waals surface area contributed by atoms with Crippen molar-refractivity contribution in [1.82, 2.24) is 25.2 Å². The Morgan fingerprint density at radius 2 is 2.03 bits per heavy atom. The van der Waals surface area contributed by atoms with Crippen molar-refractivity contribution in [2.24, 2.45) is 4.99 Å². The maximum absolute atomic E-state index is 5.41. The molecule has 7 heteroatoms. The molecule has 0 amide bonds. The number of hydrogen-bond acceptors (Lipinski definition) is 4. The van der Waals surface area contributed by atoms with Crippen molar-refractivity contribution in [3.63, 3.8) is 0 Å². The van der Waals surface area contributed by atoms with E-state index in [1.807, 2.05) is 29.8 Å². The summed E-state index contributed by atoms with van der Waals surface area (Å²) < 4.78 is 7.29. The van der Waals surface area contributed by atoms with Crippen molar-refractivity contribution in [3.8, 4) is 11.6 Å². The molecule has 0 unspecified atom stereocenters. The predicted octanol–water partition coefficient (Wildman–Crippen LogP) is 2.88. The second-order valence-electron chi connectivity index (χ2n) is 6.67. The average Bonchev–Trinajstić information content (AvgIpc) is 3.28. The van der Waals surface area contributed by atoms with Gasteiger partial charge in [-0.1, -0.05) is 12.1 Å². The van der Waals surface area contributed by atoms with Gasteiger partial charge in [-0.05, 0) is 55.2 Å². The van der Waals surface area contributed by atoms with Crippen LogP contribution in [0.15, 0.2) is 60.2 Å². The Kier molecular flexibility index (Phi) is 7.22. The van der Waals surface area contributed by atoms with Gasteiger partial charge >= 0.3 is 0 Å². The lowest BCUT2D eigenvalue weighted by Gasteiger charge is -2.12. The lowest BCUT2D eigenvalue weighted by Crippen LogP contribution is -2.38. The summed E-state index contributed by atoms with van der Waals surface area (Å²) in [7, 11) is 1.71. The van der Waals surface area contributed by atoms with E-state index < -0.39 is 0 Å². The van der Waals surface area contributed by atoms with Crippen LogP contribution >= 0.6 is 0 Å². The highest BCUT2D eigenvalue weighted by Gasteiger charge is 2.03. The van der Waals surface area contributed by atoms with Crippen LogP contribution in [-0.2, 0) is 13.0 Å². The topological polar surface area (TPSA) is 76.4 Å². The normalized spacial score (nSPS) is 11.3. The number of benzene rings is 1. The third-order valence-corrected chi connectivity index (χ3v) is 4.52. The van der Waals surface area contributed by atoms with Gasteiger partial charge in [-0.3, -0.25) is 4.57 Å². The predicted molar refractivity (Wildman–Crippen MR) is 116 cm³/mol. The Balaban J connectivity index is 1.59. The first-order chi connectivity index (χ1) is 14.2. The molecule has 2 N–H and O–H groups in total. The summed E-state index contributed by atoms with van der Waals surface area (Å²) in [6, 6.07) is 10.3. The minimum absolute atomic E-state index is 0.567. The molecule has 1 aromatic carbocycles. The molecule has 0 radical (unpaired) electrons. The zero-order valence-corrected chi connectivity index (χ0v) is 17.2. The van der Waals surface area contributed by atoms with Crippen LogP contribution < -0.4 is 15.4 Å². The van der Waals surface area contributed by atoms with E-state index >= 15 is 0 Å². The maximum atomic E-state index is 5.41. The van der Waals surface area contributed by atoms with E-state index in [4.69, 9.17) is 9.73 Å². The number of guanidine groups is 1. The molecular formula is C22H28N6O. The van der Waals surface area contributed by atoms with E-state index in [0.29, 0.717) is 6.54 Å². The first kappa shape index (κ1) is 20.4. The van der Waals surface area contributed by atoms with Gasteiger partial charge in [0.2, 0.25) is 0 Å². The van der Waals surface area contributed by atoms with Gasteiger partial charge < -0.3 is 15.4 Å². The van der Waals surface area contributed by atoms with Crippen molar-refractivity contribution in [1.29, 1.82) is 0 Å². The molecule has 2 aromatic heterocycles. The van der Waals surface area contributed by atoms with Gasteiger partial charge in [0.15, 0.2) is 5.96 Å². The summed E-state index contributed by atoms with van der Waals surface area (Å²) in [4.78, 5) is 13.2. The molecule has 0 bridgehead atoms. The van der Waals surface area contributed by atoms with Gasteiger partial charge in [-0.15, -0.1) is 0 Å². The van der Waals surface area contributed by atoms with Crippen molar-refractivity contribution in [2.45, 2.75) is 26.8 Å². The van der Waals surface area contributed by atoms with E-state index in [2.05, 4.69) is 45.7 Å². The highest BCUT2D eigenvalue weighted by Crippen LogP contribution is 2.19. The van der Waals surface area contributed by atoms with Gasteiger partial charge in [0, 0.05) is 31.7 Å². The van der Waals surface area contributed by atoms with Crippen molar-refractivity contribution in [2.75, 3.05) is 20.2 Å². The van der Waals surface area contributed by atoms with Gasteiger partial charge in [0.25, 0.3) is 0 Å². The summed E-state index contributed by atoms with van der Waals surface area (Å²) >= 11 is 0. The molecule has 0 aliphatic heterocycles. The second kappa shape index (κ2) is 10.3. The minimum atomic E-state index is 0.567. The monoisotopic (exact) mass is 392 g/mol. The van der Waals surface area contributed by atoms with Crippen LogP contribution in [0.5, 0.6) is 5.75 Å². The Labute approximate surface area is 171 Å². The summed E-state index contributed by atoms with van der Waals surface area (Å²) in [5, 5.41) is 6.70. The maximum Gasteiger partial charge on any atom is 0.191 e. The number of rotatable bonds is 8. The van der Waals surface area contributed by atoms with Crippen molar-refractivity contribution in [3.05, 3.63) is 71.9 Å². The largest absolute Gasteiger partial charge is 0.496 e. The number of hydrogen-bond donors (Lipinski definition) is 2. The molecular weight excluding hydrogens is 364 g/mol. The Hall–Kier alpha value is -3.35. The Morgan fingerprint density at radius 3 is 2.79 bits per heavy atom. The van der Waals surface area contributed by atoms with E-state index in [-0.39, 0.29) is 0 Å². The first-order valence-electron chi connectivity index (χ1n) is 9.78. The van der Waals surface area contributed by atoms with E-state index in [9.17, 15) is 0 Å². The third-order valence-electron chi connectivity index (χ3n) is 4.52. The van der Waals surface area contributed by atoms with Gasteiger partial charge in [0.1, 0.15) is 17.9 Å². The van der Waals surface area contributed by atoms with Crippen molar-refractivity contribution >= 4 is 5.96 Å². The number of methoxy groups -OCH3 is 1. The number of nitrogens with one attached hydrogen (secondary N) is 2. The summed E-state index contributed by atoms with van der Waals surface area (Å²) in [5.74, 6) is 2.56. The third kappa shape index (κ3) is 5.81. The second-order valence-corrected chi connectivity index (χ2v) is 6.67. The van der Waals surface area contributed by atoms with Crippen LogP contribution in [0.1, 0.15) is 23.6 Å². The fourth-order valence-corrected chi connectivity index (χ4v) is 2.95. The van der Waals surface area contributed by atoms with E-state index in [1.54, 1.807) is 25.8 Å². The Morgan fingerprint density at radius 1 is 1.14 bits per heavy atom. The smallest absolute Gasteiger partial charge is 0.191 e. The van der Waals surface area contributed by atoms with Gasteiger partial charge in [0.05, 0.1) is 13.7 Å². The molecule has 0 saturated carbocycles. The SMILES string of the molecule is CCNC(=NCc1ccnc(-n2ccnc2)c1)NCCc1ccc(C)c(OC)c1. The molecule has 2 heterocycles. The summed E-state index contributed by atoms with van der Waals surface area (Å²) in [5.41, 5.74) is 3.46. The fraction of sp³-hybridized carbons (Fsp3) is 0.318. The average molecular weight is 393 g/mol. The van der Waals surface area contributed by atoms with Crippen LogP contribution in [0.3, 0.4) is 0 Å². The molecule has 29 heavy (non-hydrogen) atoms. The van der Waals surface area contributed by atoms with Crippen LogP contribution in [-0.4, -0.2) is 40.7 Å². The standard InChI is InChI=1S/C22H28N6O/c1-4-24-22(26-10-7-18-6-5-17(2)20(13-18)29-3)27-15-19-8-9-25-21(14-19)28-12-11-23-16-28/h5-6,8-9,11-14,16H,4,7,10,15H2,1-3H3,(H2,24,26,27). The number of aliphatic imine (C=N–C) groups is 1. The molecule has 0 saturated heterocycles. The molecule has 0 atom stereocenters.